The van der Waals surface area contributed by atoms with Crippen LogP contribution in [0.5, 0.6) is 0 Å². The fourth-order valence-corrected chi connectivity index (χ4v) is 2.54. The van der Waals surface area contributed by atoms with E-state index in [9.17, 15) is 0 Å². The maximum atomic E-state index is 6.04. The Morgan fingerprint density at radius 1 is 1.40 bits per heavy atom. The Labute approximate surface area is 93.1 Å². The normalized spacial score (nSPS) is 32.5. The summed E-state index contributed by atoms with van der Waals surface area (Å²) in [4.78, 5) is 0. The molecule has 2 heteroatoms. The highest BCUT2D eigenvalue weighted by molar-refractivity contribution is 5.07. The molecule has 1 heterocycles. The van der Waals surface area contributed by atoms with E-state index in [0.29, 0.717) is 6.10 Å². The van der Waals surface area contributed by atoms with Crippen molar-refractivity contribution in [2.45, 2.75) is 45.1 Å². The van der Waals surface area contributed by atoms with Crippen LogP contribution in [0.3, 0.4) is 0 Å². The van der Waals surface area contributed by atoms with E-state index in [2.05, 4.69) is 18.3 Å². The minimum absolute atomic E-state index is 0.523. The number of ether oxygens (including phenoxy) is 1. The van der Waals surface area contributed by atoms with E-state index >= 15 is 0 Å². The third kappa shape index (κ3) is 3.32. The Balaban J connectivity index is 1.74. The van der Waals surface area contributed by atoms with Crippen molar-refractivity contribution in [2.24, 2.45) is 5.92 Å². The first-order valence-corrected chi connectivity index (χ1v) is 6.36. The molecule has 2 unspecified atom stereocenters. The number of hydrogen-bond acceptors (Lipinski definition) is 2. The lowest BCUT2D eigenvalue weighted by Gasteiger charge is -2.29. The molecule has 0 saturated heterocycles. The van der Waals surface area contributed by atoms with Crippen LogP contribution >= 0.6 is 0 Å². The zero-order valence-corrected chi connectivity index (χ0v) is 9.80. The Morgan fingerprint density at radius 3 is 3.00 bits per heavy atom. The van der Waals surface area contributed by atoms with Gasteiger partial charge in [0.25, 0.3) is 0 Å². The molecule has 0 bridgehead atoms. The maximum absolute atomic E-state index is 6.04. The van der Waals surface area contributed by atoms with Gasteiger partial charge in [0.05, 0.1) is 12.7 Å². The van der Waals surface area contributed by atoms with E-state index in [1.807, 2.05) is 0 Å². The van der Waals surface area contributed by atoms with Crippen LogP contribution in [-0.4, -0.2) is 25.8 Å². The van der Waals surface area contributed by atoms with Gasteiger partial charge < -0.3 is 10.1 Å². The smallest absolute Gasteiger partial charge is 0.0681 e. The Morgan fingerprint density at radius 2 is 2.27 bits per heavy atom. The van der Waals surface area contributed by atoms with E-state index in [-0.39, 0.29) is 0 Å². The molecule has 15 heavy (non-hydrogen) atoms. The molecule has 0 radical (unpaired) electrons. The van der Waals surface area contributed by atoms with Crippen LogP contribution in [0.25, 0.3) is 0 Å². The van der Waals surface area contributed by atoms with Crippen molar-refractivity contribution in [1.82, 2.24) is 5.32 Å². The highest BCUT2D eigenvalue weighted by atomic mass is 16.5. The first-order valence-electron chi connectivity index (χ1n) is 6.36. The molecule has 1 aliphatic carbocycles. The lowest BCUT2D eigenvalue weighted by molar-refractivity contribution is 0.00595. The predicted molar refractivity (Wildman–Crippen MR) is 62.9 cm³/mol. The van der Waals surface area contributed by atoms with Gasteiger partial charge in [-0.15, -0.1) is 0 Å². The lowest BCUT2D eigenvalue weighted by atomic mass is 9.88. The van der Waals surface area contributed by atoms with E-state index in [1.165, 1.54) is 37.7 Å². The van der Waals surface area contributed by atoms with Crippen molar-refractivity contribution in [3.8, 4) is 0 Å². The molecule has 2 atom stereocenters. The van der Waals surface area contributed by atoms with Gasteiger partial charge in [0.15, 0.2) is 0 Å². The fourth-order valence-electron chi connectivity index (χ4n) is 2.54. The average molecular weight is 209 g/mol. The van der Waals surface area contributed by atoms with Crippen molar-refractivity contribution in [3.63, 3.8) is 0 Å². The molecule has 86 valence electrons. The SMILES string of the molecule is CC1CCCCC1OCC1=CCNCC1. The molecule has 0 aromatic carbocycles. The molecule has 1 N–H and O–H groups in total. The Hall–Kier alpha value is -0.340. The summed E-state index contributed by atoms with van der Waals surface area (Å²) in [5.41, 5.74) is 1.49. The summed E-state index contributed by atoms with van der Waals surface area (Å²) in [5.74, 6) is 0.765. The van der Waals surface area contributed by atoms with E-state index in [1.54, 1.807) is 0 Å². The highest BCUT2D eigenvalue weighted by Gasteiger charge is 2.21. The van der Waals surface area contributed by atoms with Crippen LogP contribution < -0.4 is 5.32 Å². The summed E-state index contributed by atoms with van der Waals surface area (Å²) in [6.07, 6.45) is 9.36. The summed E-state index contributed by atoms with van der Waals surface area (Å²) in [6.45, 7) is 5.35. The molecule has 0 aromatic rings. The van der Waals surface area contributed by atoms with Crippen LogP contribution in [0.15, 0.2) is 11.6 Å². The Kier molecular flexibility index (Phi) is 4.21. The topological polar surface area (TPSA) is 21.3 Å². The minimum Gasteiger partial charge on any atom is -0.374 e. The van der Waals surface area contributed by atoms with Gasteiger partial charge in [-0.25, -0.2) is 0 Å². The molecule has 0 spiro atoms. The van der Waals surface area contributed by atoms with E-state index in [0.717, 1.165) is 25.6 Å². The number of hydrogen-bond donors (Lipinski definition) is 1. The van der Waals surface area contributed by atoms with Crippen molar-refractivity contribution in [3.05, 3.63) is 11.6 Å². The van der Waals surface area contributed by atoms with Crippen LogP contribution in [0.2, 0.25) is 0 Å². The molecule has 1 aliphatic heterocycles. The van der Waals surface area contributed by atoms with E-state index in [4.69, 9.17) is 4.74 Å². The van der Waals surface area contributed by atoms with Crippen molar-refractivity contribution < 1.29 is 4.74 Å². The van der Waals surface area contributed by atoms with Crippen molar-refractivity contribution in [1.29, 1.82) is 0 Å². The van der Waals surface area contributed by atoms with Gasteiger partial charge in [-0.1, -0.05) is 25.8 Å². The summed E-state index contributed by atoms with van der Waals surface area (Å²) >= 11 is 0. The van der Waals surface area contributed by atoms with E-state index < -0.39 is 0 Å². The van der Waals surface area contributed by atoms with Crippen molar-refractivity contribution in [2.75, 3.05) is 19.7 Å². The molecular formula is C13H23NO. The summed E-state index contributed by atoms with van der Waals surface area (Å²) in [5, 5.41) is 3.33. The maximum Gasteiger partial charge on any atom is 0.0681 e. The van der Waals surface area contributed by atoms with Crippen LogP contribution in [0.1, 0.15) is 39.0 Å². The summed E-state index contributed by atoms with van der Waals surface area (Å²) in [6, 6.07) is 0. The third-order valence-electron chi connectivity index (χ3n) is 3.67. The van der Waals surface area contributed by atoms with Gasteiger partial charge in [-0.2, -0.15) is 0 Å². The molecule has 0 amide bonds. The minimum atomic E-state index is 0.523. The third-order valence-corrected chi connectivity index (χ3v) is 3.67. The van der Waals surface area contributed by atoms with Crippen LogP contribution in [0.4, 0.5) is 0 Å². The number of rotatable bonds is 3. The average Bonchev–Trinajstić information content (AvgIpc) is 2.29. The monoisotopic (exact) mass is 209 g/mol. The standard InChI is InChI=1S/C13H23NO/c1-11-4-2-3-5-13(11)15-10-12-6-8-14-9-7-12/h6,11,13-14H,2-5,7-10H2,1H3. The number of nitrogens with one attached hydrogen (secondary N) is 1. The Bertz CT molecular complexity index is 225. The molecule has 2 nitrogen and oxygen atoms in total. The molecule has 1 saturated carbocycles. The predicted octanol–water partition coefficient (Wildman–Crippen LogP) is 2.50. The van der Waals surface area contributed by atoms with Gasteiger partial charge in [0.1, 0.15) is 0 Å². The molecule has 1 fully saturated rings. The second-order valence-corrected chi connectivity index (χ2v) is 4.93. The summed E-state index contributed by atoms with van der Waals surface area (Å²) in [7, 11) is 0. The summed E-state index contributed by atoms with van der Waals surface area (Å²) < 4.78 is 6.04. The van der Waals surface area contributed by atoms with Crippen LogP contribution in [-0.2, 0) is 4.74 Å². The largest absolute Gasteiger partial charge is 0.374 e. The van der Waals surface area contributed by atoms with Gasteiger partial charge in [0, 0.05) is 6.54 Å². The van der Waals surface area contributed by atoms with Gasteiger partial charge >= 0.3 is 0 Å². The first-order chi connectivity index (χ1) is 7.36. The fraction of sp³-hybridized carbons (Fsp3) is 0.846. The zero-order chi connectivity index (χ0) is 10.5. The molecule has 0 aromatic heterocycles. The second-order valence-electron chi connectivity index (χ2n) is 4.93. The van der Waals surface area contributed by atoms with Crippen molar-refractivity contribution >= 4 is 0 Å². The van der Waals surface area contributed by atoms with Gasteiger partial charge in [-0.3, -0.25) is 0 Å². The quantitative estimate of drug-likeness (QED) is 0.721. The second kappa shape index (κ2) is 5.66. The first kappa shape index (κ1) is 11.2. The molecule has 2 aliphatic rings. The molecule has 2 rings (SSSR count). The lowest BCUT2D eigenvalue weighted by Crippen LogP contribution is -2.28. The van der Waals surface area contributed by atoms with Gasteiger partial charge in [0.2, 0.25) is 0 Å². The van der Waals surface area contributed by atoms with Crippen LogP contribution in [0, 0.1) is 5.92 Å². The highest BCUT2D eigenvalue weighted by Crippen LogP contribution is 2.26. The molecular weight excluding hydrogens is 186 g/mol. The zero-order valence-electron chi connectivity index (χ0n) is 9.80. The van der Waals surface area contributed by atoms with Gasteiger partial charge in [-0.05, 0) is 37.3 Å².